The molecule has 0 radical (unpaired) electrons. The van der Waals surface area contributed by atoms with Crippen LogP contribution in [0.3, 0.4) is 0 Å². The Morgan fingerprint density at radius 2 is 1.78 bits per heavy atom. The van der Waals surface area contributed by atoms with Crippen LogP contribution in [-0.4, -0.2) is 31.0 Å². The molecule has 2 atom stereocenters. The lowest BCUT2D eigenvalue weighted by atomic mass is 9.96. The number of para-hydroxylation sites is 1. The first-order valence-corrected chi connectivity index (χ1v) is 12.9. The van der Waals surface area contributed by atoms with Crippen molar-refractivity contribution in [1.29, 1.82) is 0 Å². The van der Waals surface area contributed by atoms with E-state index in [1.807, 2.05) is 43.3 Å². The molecule has 6 nitrogen and oxygen atoms in total. The van der Waals surface area contributed by atoms with E-state index in [0.717, 1.165) is 65.3 Å². The summed E-state index contributed by atoms with van der Waals surface area (Å²) in [4.78, 5) is 0. The smallest absolute Gasteiger partial charge is 0.214 e. The van der Waals surface area contributed by atoms with Crippen LogP contribution in [0.5, 0.6) is 23.0 Å². The SMILES string of the molecule is CCCCCOc1ccc(C2Oc3ccccc3C3CC(c4ccc(OCC)cc4)=NN32)cc1OC. The maximum Gasteiger partial charge on any atom is 0.214 e. The Morgan fingerprint density at radius 1 is 0.944 bits per heavy atom. The average Bonchev–Trinajstić information content (AvgIpc) is 3.37. The van der Waals surface area contributed by atoms with Gasteiger partial charge in [0, 0.05) is 17.5 Å². The number of unbranched alkanes of at least 4 members (excludes halogenated alkanes) is 2. The first kappa shape index (κ1) is 24.0. The number of methoxy groups -OCH3 is 1. The zero-order valence-corrected chi connectivity index (χ0v) is 21.3. The largest absolute Gasteiger partial charge is 0.494 e. The highest BCUT2D eigenvalue weighted by molar-refractivity contribution is 6.02. The van der Waals surface area contributed by atoms with Gasteiger partial charge in [0.1, 0.15) is 11.5 Å². The van der Waals surface area contributed by atoms with Gasteiger partial charge in [-0.15, -0.1) is 0 Å². The number of rotatable bonds is 10. The van der Waals surface area contributed by atoms with Crippen LogP contribution in [0, 0.1) is 0 Å². The normalized spacial score (nSPS) is 18.1. The fourth-order valence-electron chi connectivity index (χ4n) is 4.83. The number of hydrazone groups is 1. The summed E-state index contributed by atoms with van der Waals surface area (Å²) in [6, 6.07) is 22.6. The molecule has 6 heteroatoms. The molecule has 0 N–H and O–H groups in total. The van der Waals surface area contributed by atoms with Gasteiger partial charge in [-0.2, -0.15) is 5.10 Å². The van der Waals surface area contributed by atoms with Crippen LogP contribution in [0.4, 0.5) is 0 Å². The molecule has 2 aliphatic rings. The fourth-order valence-corrected chi connectivity index (χ4v) is 4.83. The van der Waals surface area contributed by atoms with Gasteiger partial charge in [-0.25, -0.2) is 5.01 Å². The Balaban J connectivity index is 1.45. The van der Waals surface area contributed by atoms with E-state index < -0.39 is 0 Å². The van der Waals surface area contributed by atoms with Crippen molar-refractivity contribution in [3.8, 4) is 23.0 Å². The van der Waals surface area contributed by atoms with E-state index in [1.165, 1.54) is 0 Å². The summed E-state index contributed by atoms with van der Waals surface area (Å²) in [5.74, 6) is 3.22. The van der Waals surface area contributed by atoms with Gasteiger partial charge in [0.05, 0.1) is 32.1 Å². The van der Waals surface area contributed by atoms with E-state index in [0.29, 0.717) is 19.0 Å². The highest BCUT2D eigenvalue weighted by atomic mass is 16.5. The molecule has 3 aromatic carbocycles. The summed E-state index contributed by atoms with van der Waals surface area (Å²) in [5, 5.41) is 7.16. The lowest BCUT2D eigenvalue weighted by molar-refractivity contribution is -0.0191. The lowest BCUT2D eigenvalue weighted by Gasteiger charge is -2.38. The molecule has 36 heavy (non-hydrogen) atoms. The van der Waals surface area contributed by atoms with E-state index in [4.69, 9.17) is 24.0 Å². The molecular weight excluding hydrogens is 452 g/mol. The Kier molecular flexibility index (Phi) is 7.31. The second kappa shape index (κ2) is 10.9. The Bertz CT molecular complexity index is 1210. The summed E-state index contributed by atoms with van der Waals surface area (Å²) in [7, 11) is 1.68. The van der Waals surface area contributed by atoms with Crippen LogP contribution in [0.1, 0.15) is 68.5 Å². The maximum absolute atomic E-state index is 6.52. The molecule has 2 aliphatic heterocycles. The topological polar surface area (TPSA) is 52.5 Å². The van der Waals surface area contributed by atoms with Gasteiger partial charge in [-0.3, -0.25) is 0 Å². The van der Waals surface area contributed by atoms with Crippen LogP contribution in [-0.2, 0) is 0 Å². The van der Waals surface area contributed by atoms with Crippen LogP contribution in [0.25, 0.3) is 0 Å². The molecule has 0 fully saturated rings. The summed E-state index contributed by atoms with van der Waals surface area (Å²) in [6.07, 6.45) is 3.79. The van der Waals surface area contributed by atoms with Crippen LogP contribution in [0.15, 0.2) is 71.8 Å². The number of hydrogen-bond acceptors (Lipinski definition) is 6. The van der Waals surface area contributed by atoms with Crippen molar-refractivity contribution in [1.82, 2.24) is 5.01 Å². The predicted octanol–water partition coefficient (Wildman–Crippen LogP) is 6.91. The van der Waals surface area contributed by atoms with Crippen molar-refractivity contribution >= 4 is 5.71 Å². The third-order valence-electron chi connectivity index (χ3n) is 6.68. The molecule has 5 rings (SSSR count). The predicted molar refractivity (Wildman–Crippen MR) is 141 cm³/mol. The molecule has 0 saturated carbocycles. The third kappa shape index (κ3) is 4.85. The zero-order chi connectivity index (χ0) is 24.9. The summed E-state index contributed by atoms with van der Waals surface area (Å²) >= 11 is 0. The van der Waals surface area contributed by atoms with E-state index in [2.05, 4.69) is 42.3 Å². The molecule has 0 bridgehead atoms. The number of nitrogens with zero attached hydrogens (tertiary/aromatic N) is 2. The minimum atomic E-state index is -0.367. The molecule has 0 aliphatic carbocycles. The molecule has 0 aromatic heterocycles. The van der Waals surface area contributed by atoms with Crippen molar-refractivity contribution in [3.63, 3.8) is 0 Å². The first-order chi connectivity index (χ1) is 17.7. The van der Waals surface area contributed by atoms with Gasteiger partial charge in [0.2, 0.25) is 6.23 Å². The standard InChI is InChI=1S/C30H34N2O4/c1-4-6-9-18-35-28-17-14-22(19-29(28)33-3)30-32-26(24-10-7-8-11-27(24)36-30)20-25(31-32)21-12-15-23(16-13-21)34-5-2/h7-8,10-17,19,26,30H,4-6,9,18,20H2,1-3H3. The molecule has 3 aromatic rings. The van der Waals surface area contributed by atoms with Gasteiger partial charge in [0.25, 0.3) is 0 Å². The highest BCUT2D eigenvalue weighted by Gasteiger charge is 2.41. The van der Waals surface area contributed by atoms with Crippen molar-refractivity contribution < 1.29 is 18.9 Å². The zero-order valence-electron chi connectivity index (χ0n) is 21.3. The summed E-state index contributed by atoms with van der Waals surface area (Å²) < 4.78 is 23.8. The third-order valence-corrected chi connectivity index (χ3v) is 6.68. The van der Waals surface area contributed by atoms with Crippen molar-refractivity contribution in [3.05, 3.63) is 83.4 Å². The Labute approximate surface area is 213 Å². The minimum absolute atomic E-state index is 0.0949. The van der Waals surface area contributed by atoms with Crippen molar-refractivity contribution in [2.24, 2.45) is 5.10 Å². The van der Waals surface area contributed by atoms with E-state index in [9.17, 15) is 0 Å². The first-order valence-electron chi connectivity index (χ1n) is 12.9. The quantitative estimate of drug-likeness (QED) is 0.292. The Hall–Kier alpha value is -3.67. The number of benzene rings is 3. The fraction of sp³-hybridized carbons (Fsp3) is 0.367. The lowest BCUT2D eigenvalue weighted by Crippen LogP contribution is -2.33. The van der Waals surface area contributed by atoms with Gasteiger partial charge >= 0.3 is 0 Å². The molecule has 188 valence electrons. The van der Waals surface area contributed by atoms with Gasteiger partial charge in [-0.1, -0.05) is 38.0 Å². The van der Waals surface area contributed by atoms with Crippen molar-refractivity contribution in [2.45, 2.75) is 51.8 Å². The molecule has 2 heterocycles. The minimum Gasteiger partial charge on any atom is -0.494 e. The van der Waals surface area contributed by atoms with Crippen LogP contribution < -0.4 is 18.9 Å². The number of ether oxygens (including phenoxy) is 4. The van der Waals surface area contributed by atoms with Gasteiger partial charge in [-0.05, 0) is 67.4 Å². The summed E-state index contributed by atoms with van der Waals surface area (Å²) in [5.41, 5.74) is 4.26. The van der Waals surface area contributed by atoms with Crippen LogP contribution in [0.2, 0.25) is 0 Å². The molecule has 0 spiro atoms. The van der Waals surface area contributed by atoms with E-state index in [1.54, 1.807) is 7.11 Å². The van der Waals surface area contributed by atoms with Crippen molar-refractivity contribution in [2.75, 3.05) is 20.3 Å². The maximum atomic E-state index is 6.52. The van der Waals surface area contributed by atoms with Crippen LogP contribution >= 0.6 is 0 Å². The Morgan fingerprint density at radius 3 is 2.56 bits per heavy atom. The van der Waals surface area contributed by atoms with Gasteiger partial charge in [0.15, 0.2) is 11.5 Å². The van der Waals surface area contributed by atoms with E-state index >= 15 is 0 Å². The second-order valence-corrected chi connectivity index (χ2v) is 9.08. The monoisotopic (exact) mass is 486 g/mol. The molecule has 0 amide bonds. The average molecular weight is 487 g/mol. The van der Waals surface area contributed by atoms with Gasteiger partial charge < -0.3 is 18.9 Å². The number of hydrogen-bond donors (Lipinski definition) is 0. The molecule has 2 unspecified atom stereocenters. The van der Waals surface area contributed by atoms with E-state index in [-0.39, 0.29) is 12.3 Å². The number of fused-ring (bicyclic) bond motifs is 3. The molecule has 0 saturated heterocycles. The second-order valence-electron chi connectivity index (χ2n) is 9.08. The highest BCUT2D eigenvalue weighted by Crippen LogP contribution is 2.48. The summed E-state index contributed by atoms with van der Waals surface area (Å²) in [6.45, 7) is 5.51. The molecular formula is C30H34N2O4.